The Bertz CT molecular complexity index is 360. The van der Waals surface area contributed by atoms with Crippen LogP contribution < -0.4 is 0 Å². The van der Waals surface area contributed by atoms with Gasteiger partial charge in [-0.25, -0.2) is 0 Å². The maximum atomic E-state index is 12.3. The number of nitrogens with zero attached hydrogens (tertiary/aromatic N) is 1. The Hall–Kier alpha value is -1.10. The number of ether oxygens (including phenoxy) is 1. The summed E-state index contributed by atoms with van der Waals surface area (Å²) in [5.74, 6) is -0.419. The van der Waals surface area contributed by atoms with E-state index in [1.54, 1.807) is 4.90 Å². The summed E-state index contributed by atoms with van der Waals surface area (Å²) >= 11 is 0. The average Bonchev–Trinajstić information content (AvgIpc) is 2.84. The summed E-state index contributed by atoms with van der Waals surface area (Å²) in [6.45, 7) is 5.66. The Kier molecular flexibility index (Phi) is 4.13. The van der Waals surface area contributed by atoms with Crippen molar-refractivity contribution in [1.29, 1.82) is 0 Å². The van der Waals surface area contributed by atoms with Gasteiger partial charge in [-0.1, -0.05) is 13.8 Å². The number of amides is 1. The summed E-state index contributed by atoms with van der Waals surface area (Å²) in [6, 6.07) is 0. The summed E-state index contributed by atoms with van der Waals surface area (Å²) in [4.78, 5) is 25.5. The smallest absolute Gasteiger partial charge is 0.309 e. The molecule has 1 amide bonds. The van der Waals surface area contributed by atoms with Crippen LogP contribution in [0, 0.1) is 11.3 Å². The highest BCUT2D eigenvalue weighted by molar-refractivity contribution is 5.82. The highest BCUT2D eigenvalue weighted by Crippen LogP contribution is 2.36. The van der Waals surface area contributed by atoms with Crippen LogP contribution in [0.1, 0.15) is 39.5 Å². The van der Waals surface area contributed by atoms with Crippen LogP contribution in [0.4, 0.5) is 0 Å². The summed E-state index contributed by atoms with van der Waals surface area (Å²) in [7, 11) is 0. The molecule has 0 aromatic heterocycles. The molecule has 2 saturated heterocycles. The first kappa shape index (κ1) is 14.3. The molecule has 0 saturated carbocycles. The van der Waals surface area contributed by atoms with Gasteiger partial charge in [-0.15, -0.1) is 0 Å². The molecule has 0 bridgehead atoms. The van der Waals surface area contributed by atoms with Crippen molar-refractivity contribution in [2.45, 2.75) is 45.6 Å². The van der Waals surface area contributed by atoms with E-state index in [0.717, 1.165) is 6.42 Å². The van der Waals surface area contributed by atoms with E-state index in [1.807, 2.05) is 13.8 Å². The fourth-order valence-electron chi connectivity index (χ4n) is 3.06. The largest absolute Gasteiger partial charge is 0.481 e. The zero-order valence-corrected chi connectivity index (χ0v) is 11.7. The van der Waals surface area contributed by atoms with Gasteiger partial charge in [-0.3, -0.25) is 9.59 Å². The zero-order chi connectivity index (χ0) is 14.0. The maximum absolute atomic E-state index is 12.3. The molecule has 0 spiro atoms. The molecule has 2 aliphatic rings. The standard InChI is InChI=1S/C14H23NO4/c1-3-14(13(17)18)5-7-15(8-6-14)12(16)11-10(2)4-9-19-11/h10-11H,3-9H2,1-2H3,(H,17,18). The number of carboxylic acid groups (broad SMARTS) is 1. The monoisotopic (exact) mass is 269 g/mol. The van der Waals surface area contributed by atoms with E-state index in [9.17, 15) is 14.7 Å². The lowest BCUT2D eigenvalue weighted by Gasteiger charge is -2.39. The molecular formula is C14H23NO4. The molecule has 2 atom stereocenters. The summed E-state index contributed by atoms with van der Waals surface area (Å²) in [5.41, 5.74) is -0.640. The van der Waals surface area contributed by atoms with Crippen molar-refractivity contribution in [3.63, 3.8) is 0 Å². The Morgan fingerprint density at radius 1 is 1.37 bits per heavy atom. The predicted molar refractivity (Wildman–Crippen MR) is 69.7 cm³/mol. The number of likely N-dealkylation sites (tertiary alicyclic amines) is 1. The third kappa shape index (κ3) is 2.61. The van der Waals surface area contributed by atoms with E-state index in [0.29, 0.717) is 39.0 Å². The average molecular weight is 269 g/mol. The van der Waals surface area contributed by atoms with E-state index in [-0.39, 0.29) is 17.9 Å². The Morgan fingerprint density at radius 3 is 2.42 bits per heavy atom. The van der Waals surface area contributed by atoms with Crippen LogP contribution in [-0.2, 0) is 14.3 Å². The van der Waals surface area contributed by atoms with E-state index >= 15 is 0 Å². The second-order valence-corrected chi connectivity index (χ2v) is 5.82. The topological polar surface area (TPSA) is 66.8 Å². The molecule has 2 heterocycles. The number of rotatable bonds is 3. The zero-order valence-electron chi connectivity index (χ0n) is 11.7. The van der Waals surface area contributed by atoms with Crippen LogP contribution in [-0.4, -0.2) is 47.7 Å². The van der Waals surface area contributed by atoms with E-state index < -0.39 is 11.4 Å². The molecule has 1 N–H and O–H groups in total. The van der Waals surface area contributed by atoms with Crippen LogP contribution in [0.2, 0.25) is 0 Å². The van der Waals surface area contributed by atoms with E-state index in [2.05, 4.69) is 0 Å². The fraction of sp³-hybridized carbons (Fsp3) is 0.857. The molecule has 2 rings (SSSR count). The number of carbonyl (C=O) groups is 2. The van der Waals surface area contributed by atoms with Gasteiger partial charge in [0.15, 0.2) is 0 Å². The number of carboxylic acids is 1. The Morgan fingerprint density at radius 2 is 2.00 bits per heavy atom. The number of aliphatic carboxylic acids is 1. The van der Waals surface area contributed by atoms with Crippen LogP contribution in [0.5, 0.6) is 0 Å². The Balaban J connectivity index is 1.96. The molecular weight excluding hydrogens is 246 g/mol. The Labute approximate surface area is 113 Å². The minimum Gasteiger partial charge on any atom is -0.481 e. The van der Waals surface area contributed by atoms with Gasteiger partial charge in [0, 0.05) is 19.7 Å². The molecule has 108 valence electrons. The van der Waals surface area contributed by atoms with Crippen molar-refractivity contribution in [3.8, 4) is 0 Å². The fourth-order valence-corrected chi connectivity index (χ4v) is 3.06. The molecule has 5 heteroatoms. The lowest BCUT2D eigenvalue weighted by Crippen LogP contribution is -2.49. The van der Waals surface area contributed by atoms with E-state index in [4.69, 9.17) is 4.74 Å². The quantitative estimate of drug-likeness (QED) is 0.843. The van der Waals surface area contributed by atoms with Gasteiger partial charge in [0.1, 0.15) is 6.10 Å². The molecule has 5 nitrogen and oxygen atoms in total. The van der Waals surface area contributed by atoms with E-state index in [1.165, 1.54) is 0 Å². The van der Waals surface area contributed by atoms with Crippen molar-refractivity contribution in [1.82, 2.24) is 4.90 Å². The summed E-state index contributed by atoms with van der Waals surface area (Å²) in [6.07, 6.45) is 2.33. The molecule has 0 aliphatic carbocycles. The molecule has 0 aromatic rings. The predicted octanol–water partition coefficient (Wildman–Crippen LogP) is 1.51. The van der Waals surface area contributed by atoms with Crippen LogP contribution in [0.15, 0.2) is 0 Å². The second kappa shape index (κ2) is 5.49. The molecule has 19 heavy (non-hydrogen) atoms. The maximum Gasteiger partial charge on any atom is 0.309 e. The first-order valence-electron chi connectivity index (χ1n) is 7.14. The SMILES string of the molecule is CCC1(C(=O)O)CCN(C(=O)C2OCCC2C)CC1. The lowest BCUT2D eigenvalue weighted by atomic mass is 9.76. The van der Waals surface area contributed by atoms with Gasteiger partial charge in [0.05, 0.1) is 5.41 Å². The van der Waals surface area contributed by atoms with Gasteiger partial charge >= 0.3 is 5.97 Å². The number of hydrogen-bond donors (Lipinski definition) is 1. The third-order valence-corrected chi connectivity index (χ3v) is 4.79. The van der Waals surface area contributed by atoms with Crippen LogP contribution >= 0.6 is 0 Å². The minimum atomic E-state index is -0.729. The second-order valence-electron chi connectivity index (χ2n) is 5.82. The third-order valence-electron chi connectivity index (χ3n) is 4.79. The normalized spacial score (nSPS) is 30.3. The van der Waals surface area contributed by atoms with Crippen molar-refractivity contribution >= 4 is 11.9 Å². The number of hydrogen-bond acceptors (Lipinski definition) is 3. The van der Waals surface area contributed by atoms with Crippen molar-refractivity contribution in [2.24, 2.45) is 11.3 Å². The van der Waals surface area contributed by atoms with Gasteiger partial charge in [-0.05, 0) is 31.6 Å². The van der Waals surface area contributed by atoms with Gasteiger partial charge in [0.25, 0.3) is 5.91 Å². The molecule has 2 fully saturated rings. The number of carbonyl (C=O) groups excluding carboxylic acids is 1. The van der Waals surface area contributed by atoms with Crippen LogP contribution in [0.25, 0.3) is 0 Å². The molecule has 0 radical (unpaired) electrons. The number of piperidine rings is 1. The van der Waals surface area contributed by atoms with Gasteiger partial charge in [-0.2, -0.15) is 0 Å². The van der Waals surface area contributed by atoms with Gasteiger partial charge in [0.2, 0.25) is 0 Å². The van der Waals surface area contributed by atoms with Crippen molar-refractivity contribution < 1.29 is 19.4 Å². The summed E-state index contributed by atoms with van der Waals surface area (Å²) in [5, 5.41) is 9.34. The first-order chi connectivity index (χ1) is 9.00. The van der Waals surface area contributed by atoms with Gasteiger partial charge < -0.3 is 14.7 Å². The highest BCUT2D eigenvalue weighted by Gasteiger charge is 2.43. The lowest BCUT2D eigenvalue weighted by molar-refractivity contribution is -0.157. The van der Waals surface area contributed by atoms with Crippen molar-refractivity contribution in [3.05, 3.63) is 0 Å². The molecule has 0 aromatic carbocycles. The van der Waals surface area contributed by atoms with Crippen molar-refractivity contribution in [2.75, 3.05) is 19.7 Å². The van der Waals surface area contributed by atoms with Crippen LogP contribution in [0.3, 0.4) is 0 Å². The minimum absolute atomic E-state index is 0.0418. The highest BCUT2D eigenvalue weighted by atomic mass is 16.5. The molecule has 2 unspecified atom stereocenters. The molecule has 2 aliphatic heterocycles. The summed E-state index contributed by atoms with van der Waals surface area (Å²) < 4.78 is 5.50. The first-order valence-corrected chi connectivity index (χ1v) is 7.14.